The SMILES string of the molecule is CC[C@]12/C=C\CCCOC(=O)[C@H]1[C@H]1C(=O)N([C@@H](CO)C(C)C)C3C(=O)N(Cc4ccccc4)CC=C[C@@]31O2. The average molecular weight is 523 g/mol. The van der Waals surface area contributed by atoms with Crippen LogP contribution in [0.5, 0.6) is 0 Å². The number of allylic oxidation sites excluding steroid dienone is 1. The van der Waals surface area contributed by atoms with Gasteiger partial charge in [0.15, 0.2) is 0 Å². The molecule has 1 N–H and O–H groups in total. The molecule has 0 aromatic heterocycles. The van der Waals surface area contributed by atoms with Crippen LogP contribution in [0.2, 0.25) is 0 Å². The maximum Gasteiger partial charge on any atom is 0.313 e. The number of nitrogens with zero attached hydrogens (tertiary/aromatic N) is 2. The molecule has 4 aliphatic rings. The molecule has 1 aromatic carbocycles. The number of hydrogen-bond acceptors (Lipinski definition) is 6. The van der Waals surface area contributed by atoms with Crippen molar-refractivity contribution in [1.82, 2.24) is 9.80 Å². The lowest BCUT2D eigenvalue weighted by Gasteiger charge is -2.41. The number of cyclic esters (lactones) is 1. The Morgan fingerprint density at radius 1 is 1.05 bits per heavy atom. The highest BCUT2D eigenvalue weighted by Crippen LogP contribution is 2.58. The molecule has 4 heterocycles. The van der Waals surface area contributed by atoms with Gasteiger partial charge in [-0.25, -0.2) is 0 Å². The molecule has 0 bridgehead atoms. The molecule has 2 saturated heterocycles. The number of ether oxygens (including phenoxy) is 2. The third-order valence-corrected chi connectivity index (χ3v) is 8.68. The number of aliphatic hydroxyl groups is 1. The van der Waals surface area contributed by atoms with Gasteiger partial charge < -0.3 is 24.4 Å². The number of rotatable bonds is 6. The number of fused-ring (bicyclic) bond motifs is 2. The first-order valence-electron chi connectivity index (χ1n) is 13.8. The van der Waals surface area contributed by atoms with Crippen LogP contribution in [0.15, 0.2) is 54.6 Å². The minimum atomic E-state index is -1.36. The van der Waals surface area contributed by atoms with Crippen molar-refractivity contribution in [2.75, 3.05) is 19.8 Å². The molecule has 8 nitrogen and oxygen atoms in total. The Bertz CT molecular complexity index is 1130. The molecule has 1 spiro atoms. The van der Waals surface area contributed by atoms with Crippen LogP contribution in [-0.4, -0.2) is 75.7 Å². The summed E-state index contributed by atoms with van der Waals surface area (Å²) in [7, 11) is 0. The molecule has 2 fully saturated rings. The summed E-state index contributed by atoms with van der Waals surface area (Å²) in [6.07, 6.45) is 9.52. The number of amides is 2. The van der Waals surface area contributed by atoms with Crippen LogP contribution in [0.1, 0.15) is 45.6 Å². The Morgan fingerprint density at radius 2 is 1.82 bits per heavy atom. The number of esters is 1. The van der Waals surface area contributed by atoms with E-state index >= 15 is 0 Å². The summed E-state index contributed by atoms with van der Waals surface area (Å²) < 4.78 is 12.6. The number of likely N-dealkylation sites (tertiary alicyclic amines) is 1. The summed E-state index contributed by atoms with van der Waals surface area (Å²) in [6.45, 7) is 6.46. The number of aliphatic hydroxyl groups excluding tert-OH is 1. The van der Waals surface area contributed by atoms with E-state index in [0.29, 0.717) is 25.9 Å². The van der Waals surface area contributed by atoms with Gasteiger partial charge in [-0.1, -0.05) is 75.4 Å². The lowest BCUT2D eigenvalue weighted by Crippen LogP contribution is -2.59. The van der Waals surface area contributed by atoms with Crippen molar-refractivity contribution in [3.05, 3.63) is 60.2 Å². The Labute approximate surface area is 224 Å². The fourth-order valence-corrected chi connectivity index (χ4v) is 6.78. The topological polar surface area (TPSA) is 96.4 Å². The van der Waals surface area contributed by atoms with E-state index in [1.54, 1.807) is 4.90 Å². The highest BCUT2D eigenvalue weighted by atomic mass is 16.6. The minimum Gasteiger partial charge on any atom is -0.465 e. The smallest absolute Gasteiger partial charge is 0.313 e. The predicted molar refractivity (Wildman–Crippen MR) is 140 cm³/mol. The van der Waals surface area contributed by atoms with Gasteiger partial charge in [0, 0.05) is 13.1 Å². The quantitative estimate of drug-likeness (QED) is 0.456. The van der Waals surface area contributed by atoms with Gasteiger partial charge in [-0.3, -0.25) is 14.4 Å². The average Bonchev–Trinajstić information content (AvgIpc) is 3.29. The zero-order valence-electron chi connectivity index (χ0n) is 22.4. The monoisotopic (exact) mass is 522 g/mol. The Morgan fingerprint density at radius 3 is 2.50 bits per heavy atom. The van der Waals surface area contributed by atoms with Crippen LogP contribution in [-0.2, 0) is 30.4 Å². The molecule has 0 aliphatic carbocycles. The molecule has 38 heavy (non-hydrogen) atoms. The van der Waals surface area contributed by atoms with Crippen molar-refractivity contribution >= 4 is 17.8 Å². The van der Waals surface area contributed by atoms with Gasteiger partial charge in [-0.15, -0.1) is 0 Å². The molecule has 5 rings (SSSR count). The Hall–Kier alpha value is -2.97. The van der Waals surface area contributed by atoms with Gasteiger partial charge in [0.25, 0.3) is 0 Å². The zero-order chi connectivity index (χ0) is 27.1. The van der Waals surface area contributed by atoms with E-state index in [1.807, 2.05) is 75.4 Å². The van der Waals surface area contributed by atoms with E-state index in [1.165, 1.54) is 4.90 Å². The zero-order valence-corrected chi connectivity index (χ0v) is 22.4. The maximum atomic E-state index is 14.4. The highest BCUT2D eigenvalue weighted by Gasteiger charge is 2.76. The Balaban J connectivity index is 1.66. The lowest BCUT2D eigenvalue weighted by atomic mass is 9.73. The summed E-state index contributed by atoms with van der Waals surface area (Å²) >= 11 is 0. The number of hydrogen-bond donors (Lipinski definition) is 1. The van der Waals surface area contributed by atoms with Crippen LogP contribution in [0, 0.1) is 17.8 Å². The van der Waals surface area contributed by atoms with Crippen LogP contribution >= 0.6 is 0 Å². The van der Waals surface area contributed by atoms with Gasteiger partial charge in [0.1, 0.15) is 23.2 Å². The molecular weight excluding hydrogens is 484 g/mol. The number of benzene rings is 1. The molecule has 8 heteroatoms. The molecule has 6 atom stereocenters. The summed E-state index contributed by atoms with van der Waals surface area (Å²) in [5.74, 6) is -3.01. The van der Waals surface area contributed by atoms with E-state index < -0.39 is 41.1 Å². The van der Waals surface area contributed by atoms with E-state index in [4.69, 9.17) is 9.47 Å². The van der Waals surface area contributed by atoms with Crippen LogP contribution in [0.25, 0.3) is 0 Å². The predicted octanol–water partition coefficient (Wildman–Crippen LogP) is 2.86. The first-order chi connectivity index (χ1) is 18.3. The van der Waals surface area contributed by atoms with E-state index in [2.05, 4.69) is 0 Å². The van der Waals surface area contributed by atoms with Crippen molar-refractivity contribution in [2.24, 2.45) is 17.8 Å². The van der Waals surface area contributed by atoms with E-state index in [9.17, 15) is 19.5 Å². The first-order valence-corrected chi connectivity index (χ1v) is 13.8. The second-order valence-corrected chi connectivity index (χ2v) is 11.2. The molecule has 204 valence electrons. The summed E-state index contributed by atoms with van der Waals surface area (Å²) in [4.78, 5) is 45.7. The number of carbonyl (C=O) groups is 3. The summed E-state index contributed by atoms with van der Waals surface area (Å²) in [5, 5.41) is 10.4. The highest BCUT2D eigenvalue weighted by molar-refractivity contribution is 5.99. The molecule has 2 amide bonds. The van der Waals surface area contributed by atoms with Crippen molar-refractivity contribution in [1.29, 1.82) is 0 Å². The molecule has 4 aliphatic heterocycles. The molecule has 1 unspecified atom stereocenters. The largest absolute Gasteiger partial charge is 0.465 e. The summed E-state index contributed by atoms with van der Waals surface area (Å²) in [5.41, 5.74) is -1.45. The maximum absolute atomic E-state index is 14.4. The standard InChI is InChI=1S/C30H38N2O6/c1-4-29-14-9-6-10-17-37-28(36)24(29)23-26(34)32(22(19-33)20(2)3)25-27(35)31(16-11-15-30(23,25)38-29)18-21-12-7-5-8-13-21/h5,7-9,11-15,20,22-25,33H,4,6,10,16-19H2,1-3H3/b14-9-/t22-,23-,24+,25?,29-,30-/m0/s1. The Kier molecular flexibility index (Phi) is 7.22. The van der Waals surface area contributed by atoms with Gasteiger partial charge in [-0.2, -0.15) is 0 Å². The minimum absolute atomic E-state index is 0.120. The van der Waals surface area contributed by atoms with Crippen molar-refractivity contribution in [2.45, 2.75) is 69.9 Å². The van der Waals surface area contributed by atoms with Crippen LogP contribution in [0.4, 0.5) is 0 Å². The van der Waals surface area contributed by atoms with Gasteiger partial charge in [0.2, 0.25) is 11.8 Å². The molecular formula is C30H38N2O6. The summed E-state index contributed by atoms with van der Waals surface area (Å²) in [6, 6.07) is 8.10. The molecule has 0 saturated carbocycles. The fourth-order valence-electron chi connectivity index (χ4n) is 6.78. The van der Waals surface area contributed by atoms with E-state index in [-0.39, 0.29) is 30.9 Å². The van der Waals surface area contributed by atoms with Crippen LogP contribution in [0.3, 0.4) is 0 Å². The normalized spacial score (nSPS) is 34.6. The third-order valence-electron chi connectivity index (χ3n) is 8.68. The van der Waals surface area contributed by atoms with Crippen LogP contribution < -0.4 is 0 Å². The first kappa shape index (κ1) is 26.6. The molecule has 1 aromatic rings. The van der Waals surface area contributed by atoms with Crippen molar-refractivity contribution in [3.8, 4) is 0 Å². The van der Waals surface area contributed by atoms with Gasteiger partial charge in [-0.05, 0) is 30.7 Å². The fraction of sp³-hybridized carbons (Fsp3) is 0.567. The second-order valence-electron chi connectivity index (χ2n) is 11.2. The number of carbonyl (C=O) groups excluding carboxylic acids is 3. The van der Waals surface area contributed by atoms with Crippen molar-refractivity contribution < 1.29 is 29.0 Å². The lowest BCUT2D eigenvalue weighted by molar-refractivity contribution is -0.163. The molecule has 0 radical (unpaired) electrons. The third kappa shape index (κ3) is 4.09. The van der Waals surface area contributed by atoms with E-state index in [0.717, 1.165) is 12.0 Å². The van der Waals surface area contributed by atoms with Crippen molar-refractivity contribution in [3.63, 3.8) is 0 Å². The second kappa shape index (κ2) is 10.3. The van der Waals surface area contributed by atoms with Gasteiger partial charge >= 0.3 is 5.97 Å². The van der Waals surface area contributed by atoms with Gasteiger partial charge in [0.05, 0.1) is 25.2 Å².